The zero-order chi connectivity index (χ0) is 17.0. The average molecular weight is 387 g/mol. The number of nitrogens with one attached hydrogen (secondary N) is 1. The van der Waals surface area contributed by atoms with E-state index in [4.69, 9.17) is 4.74 Å². The fraction of sp³-hybridized carbons (Fsp3) is 0.562. The van der Waals surface area contributed by atoms with Gasteiger partial charge in [-0.2, -0.15) is 0 Å². The zero-order valence-corrected chi connectivity index (χ0v) is 15.0. The van der Waals surface area contributed by atoms with Gasteiger partial charge in [0.1, 0.15) is 12.4 Å². The van der Waals surface area contributed by atoms with Gasteiger partial charge >= 0.3 is 0 Å². The number of piperidine rings is 1. The van der Waals surface area contributed by atoms with Gasteiger partial charge in [0, 0.05) is 23.1 Å². The topological polar surface area (TPSA) is 82.0 Å². The molecule has 1 heterocycles. The smallest absolute Gasteiger partial charge is 0.263 e. The first-order valence-electron chi connectivity index (χ1n) is 7.63. The molecule has 7 heteroatoms. The number of carbonyl (C=O) groups is 1. The van der Waals surface area contributed by atoms with Crippen molar-refractivity contribution in [1.29, 1.82) is 0 Å². The molecule has 2 rings (SSSR count). The summed E-state index contributed by atoms with van der Waals surface area (Å²) in [6.45, 7) is 4.35. The van der Waals surface area contributed by atoms with Gasteiger partial charge in [0.05, 0.1) is 11.6 Å². The Balaban J connectivity index is 2.03. The molecule has 23 heavy (non-hydrogen) atoms. The van der Waals surface area contributed by atoms with Crippen LogP contribution >= 0.6 is 15.9 Å². The molecule has 1 aromatic rings. The Morgan fingerprint density at radius 1 is 1.48 bits per heavy atom. The lowest BCUT2D eigenvalue weighted by Crippen LogP contribution is -2.49. The number of hydrogen-bond donors (Lipinski definition) is 3. The van der Waals surface area contributed by atoms with E-state index in [2.05, 4.69) is 21.2 Å². The minimum absolute atomic E-state index is 0.175. The molecule has 1 aromatic carbocycles. The Morgan fingerprint density at radius 3 is 2.91 bits per heavy atom. The van der Waals surface area contributed by atoms with Crippen molar-refractivity contribution >= 4 is 21.8 Å². The number of nitrogens with zero attached hydrogens (tertiary/aromatic N) is 1. The van der Waals surface area contributed by atoms with Gasteiger partial charge in [-0.25, -0.2) is 5.06 Å². The highest BCUT2D eigenvalue weighted by Gasteiger charge is 2.27. The van der Waals surface area contributed by atoms with E-state index < -0.39 is 11.6 Å². The molecule has 128 valence electrons. The van der Waals surface area contributed by atoms with Crippen LogP contribution in [0, 0.1) is 0 Å². The summed E-state index contributed by atoms with van der Waals surface area (Å²) in [4.78, 5) is 11.9. The lowest BCUT2D eigenvalue weighted by Gasteiger charge is -2.28. The number of rotatable bonds is 6. The van der Waals surface area contributed by atoms with Gasteiger partial charge in [-0.1, -0.05) is 15.9 Å². The molecule has 1 fully saturated rings. The molecular weight excluding hydrogens is 364 g/mol. The highest BCUT2D eigenvalue weighted by atomic mass is 79.9. The fourth-order valence-electron chi connectivity index (χ4n) is 2.36. The molecule has 1 aliphatic heterocycles. The van der Waals surface area contributed by atoms with Crippen molar-refractivity contribution in [2.24, 2.45) is 0 Å². The highest BCUT2D eigenvalue weighted by molar-refractivity contribution is 9.10. The third kappa shape index (κ3) is 5.46. The standard InChI is InChI=1S/C16H23BrN2O4/c1-16(2,21)10-23-14-6-5-12(17)8-11(14)9-18-13-4-3-7-19(22)15(13)20/h5-6,8,13,18,21-22H,3-4,7,9-10H2,1-2H3. The first kappa shape index (κ1) is 18.2. The SMILES string of the molecule is CC(C)(O)COc1ccc(Br)cc1CNC1CCCN(O)C1=O. The van der Waals surface area contributed by atoms with Crippen LogP contribution in [0.1, 0.15) is 32.3 Å². The number of aliphatic hydroxyl groups is 1. The zero-order valence-electron chi connectivity index (χ0n) is 13.4. The predicted molar refractivity (Wildman–Crippen MR) is 89.3 cm³/mol. The summed E-state index contributed by atoms with van der Waals surface area (Å²) in [6, 6.07) is 5.21. The minimum Gasteiger partial charge on any atom is -0.490 e. The van der Waals surface area contributed by atoms with Gasteiger partial charge in [-0.3, -0.25) is 10.0 Å². The molecule has 1 atom stereocenters. The largest absolute Gasteiger partial charge is 0.490 e. The second-order valence-electron chi connectivity index (χ2n) is 6.39. The van der Waals surface area contributed by atoms with Crippen LogP contribution in [0.4, 0.5) is 0 Å². The molecule has 3 N–H and O–H groups in total. The molecule has 6 nitrogen and oxygen atoms in total. The van der Waals surface area contributed by atoms with Crippen molar-refractivity contribution in [2.45, 2.75) is 44.9 Å². The molecule has 0 bridgehead atoms. The van der Waals surface area contributed by atoms with Gasteiger partial charge < -0.3 is 15.2 Å². The van der Waals surface area contributed by atoms with E-state index in [9.17, 15) is 15.1 Å². The summed E-state index contributed by atoms with van der Waals surface area (Å²) in [5.41, 5.74) is -0.0411. The molecule has 1 aliphatic rings. The summed E-state index contributed by atoms with van der Waals surface area (Å²) < 4.78 is 6.60. The number of hydrogen-bond acceptors (Lipinski definition) is 5. The Labute approximate surface area is 144 Å². The molecule has 1 amide bonds. The molecule has 0 radical (unpaired) electrons. The van der Waals surface area contributed by atoms with Gasteiger partial charge in [-0.05, 0) is 44.9 Å². The number of amides is 1. The van der Waals surface area contributed by atoms with Gasteiger partial charge in [0.2, 0.25) is 0 Å². The van der Waals surface area contributed by atoms with Gasteiger partial charge in [-0.15, -0.1) is 0 Å². The second-order valence-corrected chi connectivity index (χ2v) is 7.31. The van der Waals surface area contributed by atoms with E-state index in [1.807, 2.05) is 18.2 Å². The first-order chi connectivity index (χ1) is 10.8. The Hall–Kier alpha value is -1.15. The Morgan fingerprint density at radius 2 is 2.22 bits per heavy atom. The fourth-order valence-corrected chi connectivity index (χ4v) is 2.77. The molecule has 1 saturated heterocycles. The number of ether oxygens (including phenoxy) is 1. The van der Waals surface area contributed by atoms with Crippen molar-refractivity contribution in [3.8, 4) is 5.75 Å². The third-order valence-electron chi connectivity index (χ3n) is 3.56. The summed E-state index contributed by atoms with van der Waals surface area (Å²) in [6.07, 6.45) is 1.46. The molecule has 1 unspecified atom stereocenters. The third-order valence-corrected chi connectivity index (χ3v) is 4.05. The van der Waals surface area contributed by atoms with Gasteiger partial charge in [0.25, 0.3) is 5.91 Å². The van der Waals surface area contributed by atoms with Crippen LogP contribution in [0.5, 0.6) is 5.75 Å². The lowest BCUT2D eigenvalue weighted by molar-refractivity contribution is -0.172. The highest BCUT2D eigenvalue weighted by Crippen LogP contribution is 2.24. The number of halogens is 1. The molecule has 0 aliphatic carbocycles. The van der Waals surface area contributed by atoms with Crippen LogP contribution in [0.15, 0.2) is 22.7 Å². The lowest BCUT2D eigenvalue weighted by atomic mass is 10.1. The van der Waals surface area contributed by atoms with E-state index in [1.54, 1.807) is 13.8 Å². The predicted octanol–water partition coefficient (Wildman–Crippen LogP) is 2.07. The maximum absolute atomic E-state index is 11.9. The van der Waals surface area contributed by atoms with E-state index in [0.29, 0.717) is 25.3 Å². The second kappa shape index (κ2) is 7.61. The molecule has 0 saturated carbocycles. The molecular formula is C16H23BrN2O4. The van der Waals surface area contributed by atoms with Crippen LogP contribution in [-0.2, 0) is 11.3 Å². The molecule has 0 aromatic heterocycles. The average Bonchev–Trinajstić information content (AvgIpc) is 2.47. The van der Waals surface area contributed by atoms with E-state index in [-0.39, 0.29) is 12.5 Å². The van der Waals surface area contributed by atoms with E-state index >= 15 is 0 Å². The van der Waals surface area contributed by atoms with Crippen LogP contribution in [-0.4, -0.2) is 46.1 Å². The Bertz CT molecular complexity index is 560. The number of carbonyl (C=O) groups excluding carboxylic acids is 1. The number of benzene rings is 1. The van der Waals surface area contributed by atoms with Crippen molar-refractivity contribution in [2.75, 3.05) is 13.2 Å². The Kier molecular flexibility index (Phi) is 6.02. The number of hydroxylamine groups is 2. The van der Waals surface area contributed by atoms with E-state index in [1.165, 1.54) is 0 Å². The van der Waals surface area contributed by atoms with Crippen LogP contribution in [0.2, 0.25) is 0 Å². The van der Waals surface area contributed by atoms with Crippen molar-refractivity contribution in [3.63, 3.8) is 0 Å². The normalized spacial score (nSPS) is 19.1. The summed E-state index contributed by atoms with van der Waals surface area (Å²) in [5.74, 6) is 0.358. The van der Waals surface area contributed by atoms with Crippen molar-refractivity contribution < 1.29 is 19.8 Å². The minimum atomic E-state index is -0.922. The maximum atomic E-state index is 11.9. The summed E-state index contributed by atoms with van der Waals surface area (Å²) in [7, 11) is 0. The maximum Gasteiger partial charge on any atom is 0.263 e. The van der Waals surface area contributed by atoms with Crippen LogP contribution < -0.4 is 10.1 Å². The van der Waals surface area contributed by atoms with Crippen molar-refractivity contribution in [3.05, 3.63) is 28.2 Å². The summed E-state index contributed by atoms with van der Waals surface area (Å²) >= 11 is 3.43. The van der Waals surface area contributed by atoms with Crippen LogP contribution in [0.3, 0.4) is 0 Å². The van der Waals surface area contributed by atoms with Gasteiger partial charge in [0.15, 0.2) is 0 Å². The quantitative estimate of drug-likeness (QED) is 0.651. The van der Waals surface area contributed by atoms with E-state index in [0.717, 1.165) is 21.5 Å². The monoisotopic (exact) mass is 386 g/mol. The van der Waals surface area contributed by atoms with Crippen molar-refractivity contribution in [1.82, 2.24) is 10.4 Å². The van der Waals surface area contributed by atoms with Crippen LogP contribution in [0.25, 0.3) is 0 Å². The first-order valence-corrected chi connectivity index (χ1v) is 8.43. The molecule has 0 spiro atoms. The summed E-state index contributed by atoms with van der Waals surface area (Å²) in [5, 5.41) is 23.2.